The van der Waals surface area contributed by atoms with Gasteiger partial charge in [0.25, 0.3) is 5.56 Å². The molecule has 3 aromatic rings. The number of H-pyrrole nitrogens is 1. The highest BCUT2D eigenvalue weighted by Gasteiger charge is 2.08. The number of benzene rings is 1. The summed E-state index contributed by atoms with van der Waals surface area (Å²) in [6.07, 6.45) is 1.63. The molecule has 6 heteroatoms. The zero-order chi connectivity index (χ0) is 14.7. The molecule has 0 aliphatic heterocycles. The van der Waals surface area contributed by atoms with Crippen LogP contribution < -0.4 is 5.56 Å². The standard InChI is InChI=1S/C15H10N4OS/c16-8-10-4-3-7-17-15(10)21-9-13-14(20)19-12-6-2-1-5-11(12)18-13/h1-7H,9H2,(H,19,20). The number of thioether (sulfide) groups is 1. The van der Waals surface area contributed by atoms with Crippen molar-refractivity contribution in [1.82, 2.24) is 15.0 Å². The summed E-state index contributed by atoms with van der Waals surface area (Å²) in [5, 5.41) is 9.63. The lowest BCUT2D eigenvalue weighted by Crippen LogP contribution is -2.14. The lowest BCUT2D eigenvalue weighted by atomic mass is 10.3. The third-order valence-corrected chi connectivity index (χ3v) is 3.92. The molecule has 0 atom stereocenters. The summed E-state index contributed by atoms with van der Waals surface area (Å²) in [7, 11) is 0. The minimum atomic E-state index is -0.212. The van der Waals surface area contributed by atoms with Crippen LogP contribution in [0.5, 0.6) is 0 Å². The molecule has 3 rings (SSSR count). The molecule has 0 aliphatic rings. The normalized spacial score (nSPS) is 10.4. The van der Waals surface area contributed by atoms with Crippen molar-refractivity contribution in [3.05, 3.63) is 64.2 Å². The number of aromatic nitrogens is 3. The number of nitrogens with one attached hydrogen (secondary N) is 1. The Morgan fingerprint density at radius 2 is 2.10 bits per heavy atom. The number of aromatic amines is 1. The van der Waals surface area contributed by atoms with Gasteiger partial charge in [-0.3, -0.25) is 4.79 Å². The van der Waals surface area contributed by atoms with E-state index in [9.17, 15) is 4.79 Å². The molecule has 21 heavy (non-hydrogen) atoms. The summed E-state index contributed by atoms with van der Waals surface area (Å²) in [6, 6.07) is 12.9. The van der Waals surface area contributed by atoms with Crippen LogP contribution in [0.15, 0.2) is 52.4 Å². The predicted octanol–water partition coefficient (Wildman–Crippen LogP) is 2.48. The van der Waals surface area contributed by atoms with Gasteiger partial charge in [0.2, 0.25) is 0 Å². The van der Waals surface area contributed by atoms with E-state index in [1.54, 1.807) is 18.3 Å². The van der Waals surface area contributed by atoms with Crippen LogP contribution in [0.25, 0.3) is 11.0 Å². The molecule has 0 unspecified atom stereocenters. The van der Waals surface area contributed by atoms with Crippen LogP contribution in [0.1, 0.15) is 11.3 Å². The molecule has 0 radical (unpaired) electrons. The Labute approximate surface area is 124 Å². The van der Waals surface area contributed by atoms with E-state index in [1.807, 2.05) is 24.3 Å². The molecule has 0 aliphatic carbocycles. The van der Waals surface area contributed by atoms with Crippen LogP contribution in [0, 0.1) is 11.3 Å². The Morgan fingerprint density at radius 1 is 1.24 bits per heavy atom. The molecular weight excluding hydrogens is 284 g/mol. The van der Waals surface area contributed by atoms with Crippen molar-refractivity contribution in [3.8, 4) is 6.07 Å². The number of hydrogen-bond donors (Lipinski definition) is 1. The highest BCUT2D eigenvalue weighted by molar-refractivity contribution is 7.98. The maximum atomic E-state index is 12.0. The first-order valence-corrected chi connectivity index (χ1v) is 7.22. The van der Waals surface area contributed by atoms with Crippen LogP contribution in [-0.2, 0) is 5.75 Å². The summed E-state index contributed by atoms with van der Waals surface area (Å²) in [6.45, 7) is 0. The number of rotatable bonds is 3. The summed E-state index contributed by atoms with van der Waals surface area (Å²) in [5.41, 5.74) is 2.17. The number of para-hydroxylation sites is 2. The first kappa shape index (κ1) is 13.3. The topological polar surface area (TPSA) is 82.4 Å². The largest absolute Gasteiger partial charge is 0.319 e. The summed E-state index contributed by atoms with van der Waals surface area (Å²) in [4.78, 5) is 23.3. The molecule has 0 amide bonds. The lowest BCUT2D eigenvalue weighted by molar-refractivity contribution is 1.08. The minimum Gasteiger partial charge on any atom is -0.319 e. The van der Waals surface area contributed by atoms with Gasteiger partial charge in [0, 0.05) is 11.9 Å². The van der Waals surface area contributed by atoms with Crippen molar-refractivity contribution in [2.24, 2.45) is 0 Å². The molecule has 5 nitrogen and oxygen atoms in total. The van der Waals surface area contributed by atoms with Gasteiger partial charge < -0.3 is 4.98 Å². The fourth-order valence-corrected chi connectivity index (χ4v) is 2.77. The SMILES string of the molecule is N#Cc1cccnc1SCc1nc2ccccc2[nH]c1=O. The summed E-state index contributed by atoms with van der Waals surface area (Å²) < 4.78 is 0. The molecule has 2 aromatic heterocycles. The van der Waals surface area contributed by atoms with Crippen LogP contribution in [0.4, 0.5) is 0 Å². The van der Waals surface area contributed by atoms with E-state index >= 15 is 0 Å². The third kappa shape index (κ3) is 2.78. The second-order valence-electron chi connectivity index (χ2n) is 4.29. The highest BCUT2D eigenvalue weighted by Crippen LogP contribution is 2.22. The predicted molar refractivity (Wildman–Crippen MR) is 80.9 cm³/mol. The van der Waals surface area contributed by atoms with E-state index in [-0.39, 0.29) is 5.56 Å². The molecule has 0 saturated carbocycles. The van der Waals surface area contributed by atoms with Crippen molar-refractivity contribution in [3.63, 3.8) is 0 Å². The Morgan fingerprint density at radius 3 is 2.95 bits per heavy atom. The fraction of sp³-hybridized carbons (Fsp3) is 0.0667. The molecule has 0 fully saturated rings. The number of fused-ring (bicyclic) bond motifs is 1. The lowest BCUT2D eigenvalue weighted by Gasteiger charge is -2.03. The number of nitrogens with zero attached hydrogens (tertiary/aromatic N) is 3. The van der Waals surface area contributed by atoms with Crippen LogP contribution in [0.2, 0.25) is 0 Å². The van der Waals surface area contributed by atoms with Crippen molar-refractivity contribution in [2.45, 2.75) is 10.8 Å². The molecule has 0 spiro atoms. The molecule has 2 heterocycles. The van der Waals surface area contributed by atoms with Crippen LogP contribution in [-0.4, -0.2) is 15.0 Å². The first-order chi connectivity index (χ1) is 10.3. The number of nitriles is 1. The van der Waals surface area contributed by atoms with Gasteiger partial charge in [-0.2, -0.15) is 5.26 Å². The van der Waals surface area contributed by atoms with Crippen molar-refractivity contribution >= 4 is 22.8 Å². The smallest absolute Gasteiger partial charge is 0.271 e. The van der Waals surface area contributed by atoms with Crippen molar-refractivity contribution < 1.29 is 0 Å². The van der Waals surface area contributed by atoms with Gasteiger partial charge in [0.1, 0.15) is 16.8 Å². The van der Waals surface area contributed by atoms with Crippen molar-refractivity contribution in [1.29, 1.82) is 5.26 Å². The average Bonchev–Trinajstić information content (AvgIpc) is 2.53. The van der Waals surface area contributed by atoms with E-state index in [1.165, 1.54) is 11.8 Å². The van der Waals surface area contributed by atoms with Gasteiger partial charge in [0.05, 0.1) is 16.6 Å². The van der Waals surface area contributed by atoms with Gasteiger partial charge in [-0.25, -0.2) is 9.97 Å². The second-order valence-corrected chi connectivity index (χ2v) is 5.25. The third-order valence-electron chi connectivity index (χ3n) is 2.91. The molecule has 0 bridgehead atoms. The molecule has 1 N–H and O–H groups in total. The fourth-order valence-electron chi connectivity index (χ4n) is 1.89. The molecule has 0 saturated heterocycles. The quantitative estimate of drug-likeness (QED) is 0.750. The number of hydrogen-bond acceptors (Lipinski definition) is 5. The van der Waals surface area contributed by atoms with E-state index in [2.05, 4.69) is 21.0 Å². The van der Waals surface area contributed by atoms with E-state index < -0.39 is 0 Å². The van der Waals surface area contributed by atoms with Gasteiger partial charge in [0.15, 0.2) is 0 Å². The zero-order valence-electron chi connectivity index (χ0n) is 10.9. The zero-order valence-corrected chi connectivity index (χ0v) is 11.7. The Kier molecular flexibility index (Phi) is 3.67. The Bertz CT molecular complexity index is 898. The van der Waals surface area contributed by atoms with Crippen molar-refractivity contribution in [2.75, 3.05) is 0 Å². The summed E-state index contributed by atoms with van der Waals surface area (Å²) >= 11 is 1.33. The van der Waals surface area contributed by atoms with Gasteiger partial charge in [-0.05, 0) is 24.3 Å². The van der Waals surface area contributed by atoms with Crippen LogP contribution in [0.3, 0.4) is 0 Å². The number of pyridine rings is 1. The molecule has 1 aromatic carbocycles. The van der Waals surface area contributed by atoms with Gasteiger partial charge >= 0.3 is 0 Å². The maximum Gasteiger partial charge on any atom is 0.271 e. The monoisotopic (exact) mass is 294 g/mol. The average molecular weight is 294 g/mol. The van der Waals surface area contributed by atoms with Crippen LogP contribution >= 0.6 is 11.8 Å². The highest BCUT2D eigenvalue weighted by atomic mass is 32.2. The van der Waals surface area contributed by atoms with Gasteiger partial charge in [-0.1, -0.05) is 23.9 Å². The summed E-state index contributed by atoms with van der Waals surface area (Å²) in [5.74, 6) is 0.367. The minimum absolute atomic E-state index is 0.212. The Hall–Kier alpha value is -2.65. The van der Waals surface area contributed by atoms with Gasteiger partial charge in [-0.15, -0.1) is 0 Å². The molecular formula is C15H10N4OS. The first-order valence-electron chi connectivity index (χ1n) is 6.24. The molecule has 102 valence electrons. The Balaban J connectivity index is 1.90. The van der Waals surface area contributed by atoms with E-state index in [0.29, 0.717) is 27.6 Å². The second kappa shape index (κ2) is 5.77. The maximum absolute atomic E-state index is 12.0. The van der Waals surface area contributed by atoms with E-state index in [4.69, 9.17) is 5.26 Å². The van der Waals surface area contributed by atoms with E-state index in [0.717, 1.165) is 5.52 Å².